The van der Waals surface area contributed by atoms with E-state index in [-0.39, 0.29) is 18.4 Å². The maximum atomic E-state index is 11.6. The summed E-state index contributed by atoms with van der Waals surface area (Å²) in [6.45, 7) is 3.11. The van der Waals surface area contributed by atoms with Crippen LogP contribution in [0.4, 0.5) is 0 Å². The molecule has 18 heavy (non-hydrogen) atoms. The first kappa shape index (κ1) is 14.5. The second kappa shape index (κ2) is 5.84. The van der Waals surface area contributed by atoms with Gasteiger partial charge >= 0.3 is 5.97 Å². The van der Waals surface area contributed by atoms with Gasteiger partial charge in [0.05, 0.1) is 6.54 Å². The molecule has 0 radical (unpaired) electrons. The SMILES string of the molecule is CC(=O)NCC(=O)NC1(C(=O)O)CCCC(C)C1. The van der Waals surface area contributed by atoms with Gasteiger partial charge in [0, 0.05) is 6.92 Å². The third-order valence-electron chi connectivity index (χ3n) is 3.28. The molecule has 2 unspecified atom stereocenters. The molecule has 1 aliphatic rings. The van der Waals surface area contributed by atoms with E-state index in [0.29, 0.717) is 12.8 Å². The third kappa shape index (κ3) is 3.72. The Balaban J connectivity index is 2.65. The summed E-state index contributed by atoms with van der Waals surface area (Å²) < 4.78 is 0. The molecule has 0 heterocycles. The highest BCUT2D eigenvalue weighted by molar-refractivity contribution is 5.89. The first-order valence-corrected chi connectivity index (χ1v) is 6.14. The highest BCUT2D eigenvalue weighted by Gasteiger charge is 2.42. The van der Waals surface area contributed by atoms with Crippen molar-refractivity contribution in [1.29, 1.82) is 0 Å². The van der Waals surface area contributed by atoms with E-state index in [1.165, 1.54) is 6.92 Å². The Bertz CT molecular complexity index is 356. The number of carboxylic acid groups (broad SMARTS) is 1. The molecule has 0 bridgehead atoms. The van der Waals surface area contributed by atoms with Gasteiger partial charge in [0.1, 0.15) is 5.54 Å². The molecule has 0 aromatic carbocycles. The number of hydrogen-bond acceptors (Lipinski definition) is 3. The smallest absolute Gasteiger partial charge is 0.329 e. The van der Waals surface area contributed by atoms with Gasteiger partial charge in [-0.05, 0) is 18.8 Å². The van der Waals surface area contributed by atoms with E-state index < -0.39 is 17.4 Å². The van der Waals surface area contributed by atoms with Gasteiger partial charge in [-0.25, -0.2) is 4.79 Å². The lowest BCUT2D eigenvalue weighted by atomic mass is 9.76. The minimum atomic E-state index is -1.17. The Morgan fingerprint density at radius 3 is 2.56 bits per heavy atom. The number of hydrogen-bond donors (Lipinski definition) is 3. The van der Waals surface area contributed by atoms with Crippen LogP contribution in [-0.2, 0) is 14.4 Å². The summed E-state index contributed by atoms with van der Waals surface area (Å²) in [5.74, 6) is -1.49. The first-order valence-electron chi connectivity index (χ1n) is 6.14. The molecule has 1 aliphatic carbocycles. The molecule has 1 fully saturated rings. The topological polar surface area (TPSA) is 95.5 Å². The highest BCUT2D eigenvalue weighted by atomic mass is 16.4. The summed E-state index contributed by atoms with van der Waals surface area (Å²) in [7, 11) is 0. The van der Waals surface area contributed by atoms with Gasteiger partial charge in [0.15, 0.2) is 0 Å². The molecule has 2 atom stereocenters. The molecule has 0 aromatic heterocycles. The van der Waals surface area contributed by atoms with E-state index in [0.717, 1.165) is 12.8 Å². The Hall–Kier alpha value is -1.59. The molecule has 6 heteroatoms. The van der Waals surface area contributed by atoms with Gasteiger partial charge in [-0.2, -0.15) is 0 Å². The summed E-state index contributed by atoms with van der Waals surface area (Å²) in [6, 6.07) is 0. The van der Waals surface area contributed by atoms with Crippen LogP contribution in [0.5, 0.6) is 0 Å². The van der Waals surface area contributed by atoms with Gasteiger partial charge in [0.2, 0.25) is 11.8 Å². The number of carbonyl (C=O) groups excluding carboxylic acids is 2. The summed E-state index contributed by atoms with van der Waals surface area (Å²) >= 11 is 0. The molecule has 1 saturated carbocycles. The second-order valence-corrected chi connectivity index (χ2v) is 5.05. The van der Waals surface area contributed by atoms with Crippen LogP contribution in [0.25, 0.3) is 0 Å². The molecular formula is C12H20N2O4. The predicted octanol–water partition coefficient (Wildman–Crippen LogP) is 0.272. The zero-order valence-corrected chi connectivity index (χ0v) is 10.8. The van der Waals surface area contributed by atoms with Crippen molar-refractivity contribution >= 4 is 17.8 Å². The lowest BCUT2D eigenvalue weighted by Crippen LogP contribution is -2.58. The van der Waals surface area contributed by atoms with Crippen molar-refractivity contribution in [3.8, 4) is 0 Å². The molecule has 3 N–H and O–H groups in total. The van der Waals surface area contributed by atoms with Gasteiger partial charge in [-0.1, -0.05) is 19.8 Å². The van der Waals surface area contributed by atoms with E-state index >= 15 is 0 Å². The van der Waals surface area contributed by atoms with Crippen molar-refractivity contribution < 1.29 is 19.5 Å². The maximum Gasteiger partial charge on any atom is 0.329 e. The predicted molar refractivity (Wildman–Crippen MR) is 64.8 cm³/mol. The van der Waals surface area contributed by atoms with Crippen LogP contribution in [0.3, 0.4) is 0 Å². The zero-order chi connectivity index (χ0) is 13.8. The molecular weight excluding hydrogens is 236 g/mol. The Labute approximate surface area is 106 Å². The molecule has 102 valence electrons. The molecule has 6 nitrogen and oxygen atoms in total. The summed E-state index contributed by atoms with van der Waals surface area (Å²) in [5.41, 5.74) is -1.17. The minimum absolute atomic E-state index is 0.182. The fraction of sp³-hybridized carbons (Fsp3) is 0.750. The van der Waals surface area contributed by atoms with Crippen molar-refractivity contribution in [2.75, 3.05) is 6.54 Å². The van der Waals surface area contributed by atoms with Crippen LogP contribution in [0.1, 0.15) is 39.5 Å². The normalized spacial score (nSPS) is 27.3. The van der Waals surface area contributed by atoms with Crippen molar-refractivity contribution in [1.82, 2.24) is 10.6 Å². The average molecular weight is 256 g/mol. The number of nitrogens with one attached hydrogen (secondary N) is 2. The van der Waals surface area contributed by atoms with E-state index in [9.17, 15) is 19.5 Å². The van der Waals surface area contributed by atoms with Crippen LogP contribution in [-0.4, -0.2) is 35.0 Å². The van der Waals surface area contributed by atoms with Gasteiger partial charge in [-0.3, -0.25) is 9.59 Å². The standard InChI is InChI=1S/C12H20N2O4/c1-8-4-3-5-12(6-8,11(17)18)14-10(16)7-13-9(2)15/h8H,3-7H2,1-2H3,(H,13,15)(H,14,16)(H,17,18). The average Bonchev–Trinajstić information content (AvgIpc) is 2.26. The van der Waals surface area contributed by atoms with Gasteiger partial charge < -0.3 is 15.7 Å². The van der Waals surface area contributed by atoms with Gasteiger partial charge in [0.25, 0.3) is 0 Å². The van der Waals surface area contributed by atoms with Crippen molar-refractivity contribution in [2.24, 2.45) is 5.92 Å². The van der Waals surface area contributed by atoms with Crippen LogP contribution in [0, 0.1) is 5.92 Å². The summed E-state index contributed by atoms with van der Waals surface area (Å²) in [6.07, 6.45) is 2.65. The summed E-state index contributed by atoms with van der Waals surface area (Å²) in [4.78, 5) is 33.7. The molecule has 0 aromatic rings. The Morgan fingerprint density at radius 1 is 1.39 bits per heavy atom. The molecule has 0 saturated heterocycles. The highest BCUT2D eigenvalue weighted by Crippen LogP contribution is 2.32. The lowest BCUT2D eigenvalue weighted by molar-refractivity contribution is -0.149. The second-order valence-electron chi connectivity index (χ2n) is 5.05. The van der Waals surface area contributed by atoms with Crippen molar-refractivity contribution in [3.63, 3.8) is 0 Å². The molecule has 0 spiro atoms. The molecule has 0 aliphatic heterocycles. The zero-order valence-electron chi connectivity index (χ0n) is 10.8. The molecule has 1 rings (SSSR count). The number of amides is 2. The first-order chi connectivity index (χ1) is 8.35. The van der Waals surface area contributed by atoms with E-state index in [2.05, 4.69) is 10.6 Å². The number of carboxylic acids is 1. The number of aliphatic carboxylic acids is 1. The Kier molecular flexibility index (Phi) is 4.69. The Morgan fingerprint density at radius 2 is 2.06 bits per heavy atom. The largest absolute Gasteiger partial charge is 0.480 e. The fourth-order valence-electron chi connectivity index (χ4n) is 2.43. The third-order valence-corrected chi connectivity index (χ3v) is 3.28. The summed E-state index contributed by atoms with van der Waals surface area (Å²) in [5, 5.41) is 14.3. The van der Waals surface area contributed by atoms with E-state index in [1.54, 1.807) is 0 Å². The monoisotopic (exact) mass is 256 g/mol. The van der Waals surface area contributed by atoms with Crippen LogP contribution < -0.4 is 10.6 Å². The minimum Gasteiger partial charge on any atom is -0.480 e. The van der Waals surface area contributed by atoms with Crippen molar-refractivity contribution in [3.05, 3.63) is 0 Å². The quantitative estimate of drug-likeness (QED) is 0.673. The molecule has 2 amide bonds. The number of carbonyl (C=O) groups is 3. The van der Waals surface area contributed by atoms with Crippen LogP contribution >= 0.6 is 0 Å². The van der Waals surface area contributed by atoms with E-state index in [4.69, 9.17) is 0 Å². The lowest BCUT2D eigenvalue weighted by Gasteiger charge is -2.37. The fourth-order valence-corrected chi connectivity index (χ4v) is 2.43. The van der Waals surface area contributed by atoms with Crippen LogP contribution in [0.15, 0.2) is 0 Å². The number of rotatable bonds is 4. The van der Waals surface area contributed by atoms with Gasteiger partial charge in [-0.15, -0.1) is 0 Å². The van der Waals surface area contributed by atoms with Crippen LogP contribution in [0.2, 0.25) is 0 Å². The van der Waals surface area contributed by atoms with Crippen molar-refractivity contribution in [2.45, 2.75) is 45.1 Å². The van der Waals surface area contributed by atoms with E-state index in [1.807, 2.05) is 6.92 Å². The maximum absolute atomic E-state index is 11.6.